The first-order valence-corrected chi connectivity index (χ1v) is 15.2. The van der Waals surface area contributed by atoms with Gasteiger partial charge in [0.15, 0.2) is 0 Å². The Morgan fingerprint density at radius 1 is 0.697 bits per heavy atom. The Balaban J connectivity index is 2.31. The van der Waals surface area contributed by atoms with Crippen LogP contribution in [0.15, 0.2) is 30.3 Å². The maximum atomic E-state index is 13.2. The first kappa shape index (κ1) is 29.7. The van der Waals surface area contributed by atoms with Gasteiger partial charge in [0.05, 0.1) is 11.4 Å². The number of aldehydes is 1. The molecule has 4 nitrogen and oxygen atoms in total. The molecule has 0 aliphatic carbocycles. The van der Waals surface area contributed by atoms with Gasteiger partial charge in [-0.1, -0.05) is 128 Å². The van der Waals surface area contributed by atoms with E-state index in [-0.39, 0.29) is 5.75 Å². The molecule has 0 N–H and O–H groups in total. The third-order valence-electron chi connectivity index (χ3n) is 6.38. The maximum absolute atomic E-state index is 13.2. The molecule has 1 rings (SSSR count). The summed E-state index contributed by atoms with van der Waals surface area (Å²) in [6.07, 6.45) is 20.5. The number of nitrogens with zero attached hydrogens (tertiary/aromatic N) is 1. The fraction of sp³-hybridized carbons (Fsp3) is 0.750. The summed E-state index contributed by atoms with van der Waals surface area (Å²) in [6, 6.07) is 8.46. The SMILES string of the molecule is CCCCCCCCCCCCCCCCS(=O)(=O)N(c1ccccc1)C(C=O)CCCC. The van der Waals surface area contributed by atoms with Gasteiger partial charge in [0.1, 0.15) is 12.3 Å². The van der Waals surface area contributed by atoms with Crippen LogP contribution in [-0.2, 0) is 14.8 Å². The standard InChI is InChI=1S/C28H49NO3S/c1-3-5-7-8-9-10-11-12-13-14-15-16-17-21-25-33(31,32)29(27-23-19-18-20-24-27)28(26-30)22-6-4-2/h18-20,23-24,26,28H,3-17,21-22,25H2,1-2H3. The zero-order valence-corrected chi connectivity index (χ0v) is 22.2. The lowest BCUT2D eigenvalue weighted by Crippen LogP contribution is -2.42. The van der Waals surface area contributed by atoms with Crippen LogP contribution in [0.5, 0.6) is 0 Å². The Hall–Kier alpha value is -1.36. The quantitative estimate of drug-likeness (QED) is 0.125. The van der Waals surface area contributed by atoms with Crippen LogP contribution in [0.2, 0.25) is 0 Å². The van der Waals surface area contributed by atoms with Crippen molar-refractivity contribution in [3.8, 4) is 0 Å². The summed E-state index contributed by atoms with van der Waals surface area (Å²) in [6.45, 7) is 4.31. The van der Waals surface area contributed by atoms with Gasteiger partial charge in [0.2, 0.25) is 10.0 Å². The van der Waals surface area contributed by atoms with Crippen molar-refractivity contribution in [2.45, 2.75) is 129 Å². The van der Waals surface area contributed by atoms with Crippen LogP contribution in [0, 0.1) is 0 Å². The molecule has 1 unspecified atom stereocenters. The molecular formula is C28H49NO3S. The summed E-state index contributed by atoms with van der Waals surface area (Å²) in [5.41, 5.74) is 0.594. The summed E-state index contributed by atoms with van der Waals surface area (Å²) in [4.78, 5) is 11.8. The van der Waals surface area contributed by atoms with Crippen LogP contribution in [0.4, 0.5) is 5.69 Å². The van der Waals surface area contributed by atoms with E-state index in [2.05, 4.69) is 13.8 Å². The highest BCUT2D eigenvalue weighted by molar-refractivity contribution is 7.92. The second-order valence-corrected chi connectivity index (χ2v) is 11.4. The predicted molar refractivity (Wildman–Crippen MR) is 142 cm³/mol. The summed E-state index contributed by atoms with van der Waals surface area (Å²) in [5.74, 6) is 0.108. The van der Waals surface area contributed by atoms with E-state index in [0.717, 1.165) is 32.0 Å². The molecule has 0 bridgehead atoms. The van der Waals surface area contributed by atoms with Crippen molar-refractivity contribution < 1.29 is 13.2 Å². The van der Waals surface area contributed by atoms with E-state index in [9.17, 15) is 13.2 Å². The first-order valence-electron chi connectivity index (χ1n) is 13.6. The Labute approximate surface area is 204 Å². The number of unbranched alkanes of at least 4 members (excludes halogenated alkanes) is 14. The number of para-hydroxylation sites is 1. The van der Waals surface area contributed by atoms with Gasteiger partial charge in [-0.15, -0.1) is 0 Å². The molecule has 33 heavy (non-hydrogen) atoms. The minimum atomic E-state index is -3.53. The second kappa shape index (κ2) is 19.0. The van der Waals surface area contributed by atoms with Crippen LogP contribution >= 0.6 is 0 Å². The molecule has 0 fully saturated rings. The van der Waals surface area contributed by atoms with Crippen molar-refractivity contribution in [2.24, 2.45) is 0 Å². The van der Waals surface area contributed by atoms with Crippen molar-refractivity contribution in [1.29, 1.82) is 0 Å². The molecule has 0 saturated heterocycles. The molecule has 1 aromatic carbocycles. The maximum Gasteiger partial charge on any atom is 0.235 e. The monoisotopic (exact) mass is 479 g/mol. The molecule has 0 aliphatic rings. The number of hydrogen-bond donors (Lipinski definition) is 0. The summed E-state index contributed by atoms with van der Waals surface area (Å²) < 4.78 is 27.7. The van der Waals surface area contributed by atoms with Gasteiger partial charge in [0, 0.05) is 0 Å². The zero-order valence-electron chi connectivity index (χ0n) is 21.3. The highest BCUT2D eigenvalue weighted by Crippen LogP contribution is 2.24. The topological polar surface area (TPSA) is 54.5 Å². The minimum absolute atomic E-state index is 0.108. The Kier molecular flexibility index (Phi) is 17.1. The predicted octanol–water partition coefficient (Wildman–Crippen LogP) is 8.06. The summed E-state index contributed by atoms with van der Waals surface area (Å²) in [5, 5.41) is 0. The molecule has 0 spiro atoms. The number of sulfonamides is 1. The largest absolute Gasteiger partial charge is 0.301 e. The number of carbonyl (C=O) groups excluding carboxylic acids is 1. The van der Waals surface area contributed by atoms with Gasteiger partial charge in [-0.05, 0) is 25.0 Å². The van der Waals surface area contributed by atoms with Gasteiger partial charge < -0.3 is 4.79 Å². The van der Waals surface area contributed by atoms with Crippen molar-refractivity contribution in [2.75, 3.05) is 10.1 Å². The second-order valence-electron chi connectivity index (χ2n) is 9.39. The molecular weight excluding hydrogens is 430 g/mol. The van der Waals surface area contributed by atoms with Gasteiger partial charge in [-0.2, -0.15) is 0 Å². The Morgan fingerprint density at radius 2 is 1.15 bits per heavy atom. The molecule has 0 saturated carbocycles. The number of anilines is 1. The summed E-state index contributed by atoms with van der Waals surface area (Å²) >= 11 is 0. The molecule has 0 amide bonds. The fourth-order valence-corrected chi connectivity index (χ4v) is 6.14. The lowest BCUT2D eigenvalue weighted by atomic mass is 10.0. The molecule has 0 aliphatic heterocycles. The average molecular weight is 480 g/mol. The van der Waals surface area contributed by atoms with E-state index in [1.165, 1.54) is 74.9 Å². The fourth-order valence-electron chi connectivity index (χ4n) is 4.36. The Bertz CT molecular complexity index is 690. The molecule has 0 heterocycles. The molecule has 1 aromatic rings. The van der Waals surface area contributed by atoms with Crippen molar-refractivity contribution in [1.82, 2.24) is 0 Å². The molecule has 0 radical (unpaired) electrons. The van der Waals surface area contributed by atoms with E-state index >= 15 is 0 Å². The van der Waals surface area contributed by atoms with Crippen LogP contribution in [0.25, 0.3) is 0 Å². The third-order valence-corrected chi connectivity index (χ3v) is 8.26. The van der Waals surface area contributed by atoms with Crippen LogP contribution in [-0.4, -0.2) is 26.5 Å². The highest BCUT2D eigenvalue weighted by Gasteiger charge is 2.29. The number of carbonyl (C=O) groups is 1. The van der Waals surface area contributed by atoms with Crippen molar-refractivity contribution in [3.63, 3.8) is 0 Å². The van der Waals surface area contributed by atoms with Crippen LogP contribution < -0.4 is 4.31 Å². The summed E-state index contributed by atoms with van der Waals surface area (Å²) in [7, 11) is -3.53. The lowest BCUT2D eigenvalue weighted by molar-refractivity contribution is -0.108. The molecule has 190 valence electrons. The number of rotatable bonds is 22. The van der Waals surface area contributed by atoms with E-state index in [1.807, 2.05) is 18.2 Å². The normalized spacial score (nSPS) is 12.5. The van der Waals surface area contributed by atoms with E-state index < -0.39 is 16.1 Å². The van der Waals surface area contributed by atoms with Gasteiger partial charge >= 0.3 is 0 Å². The Morgan fingerprint density at radius 3 is 1.61 bits per heavy atom. The van der Waals surface area contributed by atoms with Crippen LogP contribution in [0.1, 0.15) is 123 Å². The first-order chi connectivity index (χ1) is 16.1. The smallest absolute Gasteiger partial charge is 0.235 e. The van der Waals surface area contributed by atoms with E-state index in [4.69, 9.17) is 0 Å². The van der Waals surface area contributed by atoms with Crippen molar-refractivity contribution in [3.05, 3.63) is 30.3 Å². The average Bonchev–Trinajstić information content (AvgIpc) is 2.82. The van der Waals surface area contributed by atoms with E-state index in [1.54, 1.807) is 12.1 Å². The van der Waals surface area contributed by atoms with Gasteiger partial charge in [-0.3, -0.25) is 4.31 Å². The van der Waals surface area contributed by atoms with Gasteiger partial charge in [-0.25, -0.2) is 8.42 Å². The van der Waals surface area contributed by atoms with E-state index in [0.29, 0.717) is 18.5 Å². The van der Waals surface area contributed by atoms with Gasteiger partial charge in [0.25, 0.3) is 0 Å². The molecule has 5 heteroatoms. The lowest BCUT2D eigenvalue weighted by Gasteiger charge is -2.29. The number of benzene rings is 1. The van der Waals surface area contributed by atoms with Crippen molar-refractivity contribution >= 4 is 22.0 Å². The minimum Gasteiger partial charge on any atom is -0.301 e. The molecule has 1 atom stereocenters. The number of hydrogen-bond acceptors (Lipinski definition) is 3. The highest BCUT2D eigenvalue weighted by atomic mass is 32.2. The third kappa shape index (κ3) is 13.2. The molecule has 0 aromatic heterocycles. The van der Waals surface area contributed by atoms with Crippen LogP contribution in [0.3, 0.4) is 0 Å². The zero-order chi connectivity index (χ0) is 24.2.